The first-order valence-electron chi connectivity index (χ1n) is 13.4. The summed E-state index contributed by atoms with van der Waals surface area (Å²) in [4.78, 5) is 38.6. The fourth-order valence-corrected chi connectivity index (χ4v) is 8.93. The van der Waals surface area contributed by atoms with E-state index in [-0.39, 0.29) is 24.2 Å². The number of carbonyl (C=O) groups is 3. The van der Waals surface area contributed by atoms with Crippen molar-refractivity contribution in [2.24, 2.45) is 28.6 Å². The smallest absolute Gasteiger partial charge is 0.408 e. The second-order valence-corrected chi connectivity index (χ2v) is 12.2. The van der Waals surface area contributed by atoms with Crippen LogP contribution in [0.3, 0.4) is 0 Å². The molecular formula is C28H38FNO6. The Balaban J connectivity index is 1.54. The molecule has 8 heteroatoms. The minimum atomic E-state index is -2.04. The maximum absolute atomic E-state index is 17.4. The van der Waals surface area contributed by atoms with Crippen LogP contribution in [0, 0.1) is 28.6 Å². The Labute approximate surface area is 211 Å². The predicted octanol–water partition coefficient (Wildman–Crippen LogP) is 3.57. The van der Waals surface area contributed by atoms with Gasteiger partial charge in [-0.1, -0.05) is 38.3 Å². The molecule has 1 amide bonds. The summed E-state index contributed by atoms with van der Waals surface area (Å²) in [6, 6.07) is -0.0150. The molecule has 8 atom stereocenters. The van der Waals surface area contributed by atoms with E-state index in [0.29, 0.717) is 24.8 Å². The first kappa shape index (κ1) is 25.6. The van der Waals surface area contributed by atoms with Crippen LogP contribution in [0.1, 0.15) is 72.1 Å². The third-order valence-corrected chi connectivity index (χ3v) is 10.7. The SMILES string of the molecule is C[C@H]1CC2C3CCC4=CC(=O)C=C[C@]4(C)C3(F)[C@@H](O)C[C@]2(C)[C@]1(OC(=O)NC1CCCC1)C(=O)CO. The molecule has 0 bridgehead atoms. The molecule has 0 aromatic carbocycles. The van der Waals surface area contributed by atoms with Crippen molar-refractivity contribution in [1.29, 1.82) is 0 Å². The Morgan fingerprint density at radius 2 is 1.89 bits per heavy atom. The third kappa shape index (κ3) is 3.19. The second kappa shape index (κ2) is 8.48. The maximum atomic E-state index is 17.4. The van der Waals surface area contributed by atoms with Gasteiger partial charge in [-0.15, -0.1) is 0 Å². The lowest BCUT2D eigenvalue weighted by Crippen LogP contribution is -2.70. The van der Waals surface area contributed by atoms with Crippen LogP contribution in [0.5, 0.6) is 0 Å². The number of fused-ring (bicyclic) bond motifs is 5. The highest BCUT2D eigenvalue weighted by molar-refractivity contribution is 6.01. The van der Waals surface area contributed by atoms with Gasteiger partial charge in [-0.25, -0.2) is 9.18 Å². The van der Waals surface area contributed by atoms with Gasteiger partial charge in [0, 0.05) is 28.7 Å². The average molecular weight is 504 g/mol. The molecule has 0 aromatic heterocycles. The van der Waals surface area contributed by atoms with Gasteiger partial charge in [0.05, 0.1) is 6.10 Å². The highest BCUT2D eigenvalue weighted by Crippen LogP contribution is 2.71. The van der Waals surface area contributed by atoms with E-state index in [9.17, 15) is 24.6 Å². The highest BCUT2D eigenvalue weighted by Gasteiger charge is 2.77. The Morgan fingerprint density at radius 1 is 1.19 bits per heavy atom. The summed E-state index contributed by atoms with van der Waals surface area (Å²) in [6.07, 6.45) is 7.32. The number of hydrogen-bond donors (Lipinski definition) is 3. The number of ether oxygens (including phenoxy) is 1. The van der Waals surface area contributed by atoms with Crippen LogP contribution in [0.2, 0.25) is 0 Å². The molecule has 3 unspecified atom stereocenters. The zero-order chi connectivity index (χ0) is 26.1. The van der Waals surface area contributed by atoms with E-state index in [1.807, 2.05) is 13.8 Å². The van der Waals surface area contributed by atoms with Crippen molar-refractivity contribution in [2.75, 3.05) is 6.61 Å². The summed E-state index contributed by atoms with van der Waals surface area (Å²) >= 11 is 0. The number of ketones is 2. The van der Waals surface area contributed by atoms with Crippen molar-refractivity contribution in [3.63, 3.8) is 0 Å². The quantitative estimate of drug-likeness (QED) is 0.541. The van der Waals surface area contributed by atoms with Crippen LogP contribution in [0.15, 0.2) is 23.8 Å². The number of alkyl halides is 1. The lowest BCUT2D eigenvalue weighted by Gasteiger charge is -2.62. The number of aliphatic hydroxyl groups is 2. The van der Waals surface area contributed by atoms with Gasteiger partial charge in [0.2, 0.25) is 5.78 Å². The van der Waals surface area contributed by atoms with E-state index >= 15 is 4.39 Å². The molecule has 3 N–H and O–H groups in total. The molecule has 0 aromatic rings. The number of hydrogen-bond acceptors (Lipinski definition) is 6. The Kier molecular flexibility index (Phi) is 6.03. The molecular weight excluding hydrogens is 465 g/mol. The number of carbonyl (C=O) groups excluding carboxylic acids is 3. The molecule has 0 spiro atoms. The lowest BCUT2D eigenvalue weighted by atomic mass is 9.44. The highest BCUT2D eigenvalue weighted by atomic mass is 19.1. The molecule has 0 radical (unpaired) electrons. The van der Waals surface area contributed by atoms with Crippen molar-refractivity contribution < 1.29 is 33.7 Å². The molecule has 198 valence electrons. The Bertz CT molecular complexity index is 1040. The molecule has 36 heavy (non-hydrogen) atoms. The van der Waals surface area contributed by atoms with Gasteiger partial charge >= 0.3 is 6.09 Å². The molecule has 7 nitrogen and oxygen atoms in total. The lowest BCUT2D eigenvalue weighted by molar-refractivity contribution is -0.219. The molecule has 4 fully saturated rings. The molecule has 0 heterocycles. The summed E-state index contributed by atoms with van der Waals surface area (Å²) in [5.74, 6) is -2.22. The molecule has 5 aliphatic rings. The molecule has 4 saturated carbocycles. The average Bonchev–Trinajstić information content (AvgIpc) is 3.40. The first-order chi connectivity index (χ1) is 16.9. The zero-order valence-corrected chi connectivity index (χ0v) is 21.4. The number of alkyl carbamates (subject to hydrolysis) is 1. The van der Waals surface area contributed by atoms with Crippen LogP contribution >= 0.6 is 0 Å². The van der Waals surface area contributed by atoms with E-state index in [2.05, 4.69) is 5.32 Å². The van der Waals surface area contributed by atoms with Crippen molar-refractivity contribution >= 4 is 17.7 Å². The minimum Gasteiger partial charge on any atom is -0.434 e. The van der Waals surface area contributed by atoms with Gasteiger partial charge in [-0.05, 0) is 63.5 Å². The number of rotatable bonds is 4. The topological polar surface area (TPSA) is 113 Å². The predicted molar refractivity (Wildman–Crippen MR) is 130 cm³/mol. The number of aliphatic hydroxyl groups excluding tert-OH is 2. The number of amides is 1. The summed E-state index contributed by atoms with van der Waals surface area (Å²) in [5.41, 5.74) is -5.23. The minimum absolute atomic E-state index is 0.0150. The summed E-state index contributed by atoms with van der Waals surface area (Å²) in [7, 11) is 0. The van der Waals surface area contributed by atoms with Crippen LogP contribution in [-0.4, -0.2) is 57.9 Å². The first-order valence-corrected chi connectivity index (χ1v) is 13.4. The normalized spacial score (nSPS) is 45.9. The van der Waals surface area contributed by atoms with Crippen LogP contribution in [-0.2, 0) is 14.3 Å². The van der Waals surface area contributed by atoms with Gasteiger partial charge in [-0.2, -0.15) is 0 Å². The number of Topliss-reactive ketones (excluding diaryl/α,β-unsaturated/α-hetero) is 1. The Hall–Kier alpha value is -2.06. The second-order valence-electron chi connectivity index (χ2n) is 12.2. The molecule has 0 aliphatic heterocycles. The van der Waals surface area contributed by atoms with Crippen molar-refractivity contribution in [1.82, 2.24) is 5.32 Å². The largest absolute Gasteiger partial charge is 0.434 e. The van der Waals surface area contributed by atoms with E-state index in [0.717, 1.165) is 25.7 Å². The number of nitrogens with one attached hydrogen (secondary N) is 1. The van der Waals surface area contributed by atoms with E-state index in [4.69, 9.17) is 4.74 Å². The van der Waals surface area contributed by atoms with Crippen LogP contribution in [0.25, 0.3) is 0 Å². The fraction of sp³-hybridized carbons (Fsp3) is 0.750. The number of halogens is 1. The van der Waals surface area contributed by atoms with Crippen molar-refractivity contribution in [3.8, 4) is 0 Å². The third-order valence-electron chi connectivity index (χ3n) is 10.7. The summed E-state index contributed by atoms with van der Waals surface area (Å²) in [6.45, 7) is 4.58. The van der Waals surface area contributed by atoms with Gasteiger partial charge in [0.15, 0.2) is 17.1 Å². The van der Waals surface area contributed by atoms with Gasteiger partial charge in [0.25, 0.3) is 0 Å². The van der Waals surface area contributed by atoms with Crippen LogP contribution in [0.4, 0.5) is 9.18 Å². The zero-order valence-electron chi connectivity index (χ0n) is 21.4. The monoisotopic (exact) mass is 503 g/mol. The Morgan fingerprint density at radius 3 is 2.56 bits per heavy atom. The molecule has 0 saturated heterocycles. The van der Waals surface area contributed by atoms with E-state index in [1.165, 1.54) is 12.2 Å². The molecule has 5 rings (SSSR count). The van der Waals surface area contributed by atoms with Crippen molar-refractivity contribution in [3.05, 3.63) is 23.8 Å². The van der Waals surface area contributed by atoms with Gasteiger partial charge in [0.1, 0.15) is 6.61 Å². The van der Waals surface area contributed by atoms with E-state index < -0.39 is 58.5 Å². The van der Waals surface area contributed by atoms with Gasteiger partial charge < -0.3 is 20.3 Å². The molecule has 5 aliphatic carbocycles. The number of allylic oxidation sites excluding steroid dienone is 4. The standard InChI is InChI=1S/C28H38FNO6/c1-16-12-21-20-9-8-17-13-19(32)10-11-25(17,2)27(20,29)22(33)14-26(21,3)28(16,23(34)15-31)36-24(35)30-18-6-4-5-7-18/h10-11,13,16,18,20-22,31,33H,4-9,12,14-15H2,1-3H3,(H,30,35)/t16-,20?,21?,22-,25-,26-,27?,28+/m0/s1. The summed E-state index contributed by atoms with van der Waals surface area (Å²) < 4.78 is 23.4. The van der Waals surface area contributed by atoms with E-state index in [1.54, 1.807) is 13.0 Å². The maximum Gasteiger partial charge on any atom is 0.408 e. The fourth-order valence-electron chi connectivity index (χ4n) is 8.93. The van der Waals surface area contributed by atoms with Crippen molar-refractivity contribution in [2.45, 2.75) is 95.6 Å². The summed E-state index contributed by atoms with van der Waals surface area (Å²) in [5, 5.41) is 24.4. The van der Waals surface area contributed by atoms with Crippen LogP contribution < -0.4 is 5.32 Å². The van der Waals surface area contributed by atoms with Gasteiger partial charge in [-0.3, -0.25) is 9.59 Å².